The van der Waals surface area contributed by atoms with Crippen LogP contribution in [0.4, 0.5) is 5.69 Å². The summed E-state index contributed by atoms with van der Waals surface area (Å²) in [4.78, 5) is 0. The molecule has 0 radical (unpaired) electrons. The van der Waals surface area contributed by atoms with Crippen LogP contribution in [0.3, 0.4) is 0 Å². The van der Waals surface area contributed by atoms with Gasteiger partial charge in [0.25, 0.3) is 0 Å². The van der Waals surface area contributed by atoms with Crippen LogP contribution in [0.15, 0.2) is 24.3 Å². The SMILES string of the molecule is Nc1cccc([C@]23CCCCC2C3)c1. The zero-order chi connectivity index (χ0) is 9.60. The number of nitrogens with two attached hydrogens (primary N) is 1. The molecular weight excluding hydrogens is 170 g/mol. The zero-order valence-corrected chi connectivity index (χ0v) is 8.50. The van der Waals surface area contributed by atoms with E-state index in [0.717, 1.165) is 11.6 Å². The highest BCUT2D eigenvalue weighted by Crippen LogP contribution is 2.62. The lowest BCUT2D eigenvalue weighted by Crippen LogP contribution is -2.14. The van der Waals surface area contributed by atoms with Crippen molar-refractivity contribution in [2.24, 2.45) is 5.92 Å². The first-order chi connectivity index (χ1) is 6.81. The Morgan fingerprint density at radius 3 is 3.00 bits per heavy atom. The van der Waals surface area contributed by atoms with E-state index >= 15 is 0 Å². The predicted molar refractivity (Wildman–Crippen MR) is 59.1 cm³/mol. The maximum atomic E-state index is 5.84. The Labute approximate surface area is 85.3 Å². The lowest BCUT2D eigenvalue weighted by molar-refractivity contribution is 0.428. The molecule has 1 nitrogen and oxygen atoms in total. The monoisotopic (exact) mass is 187 g/mol. The van der Waals surface area contributed by atoms with Crippen molar-refractivity contribution in [3.63, 3.8) is 0 Å². The van der Waals surface area contributed by atoms with Gasteiger partial charge < -0.3 is 5.73 Å². The number of fused-ring (bicyclic) bond motifs is 1. The minimum atomic E-state index is 0.549. The Morgan fingerprint density at radius 2 is 2.21 bits per heavy atom. The summed E-state index contributed by atoms with van der Waals surface area (Å²) in [6, 6.07) is 8.54. The van der Waals surface area contributed by atoms with Gasteiger partial charge in [0.15, 0.2) is 0 Å². The second-order valence-electron chi connectivity index (χ2n) is 4.93. The molecule has 2 aliphatic carbocycles. The molecule has 2 aliphatic rings. The van der Waals surface area contributed by atoms with Gasteiger partial charge in [0.1, 0.15) is 0 Å². The molecular formula is C13H17N. The minimum absolute atomic E-state index is 0.549. The maximum absolute atomic E-state index is 5.84. The van der Waals surface area contributed by atoms with E-state index in [4.69, 9.17) is 5.73 Å². The van der Waals surface area contributed by atoms with Gasteiger partial charge in [0.05, 0.1) is 0 Å². The molecule has 3 rings (SSSR count). The van der Waals surface area contributed by atoms with E-state index in [1.165, 1.54) is 37.7 Å². The number of hydrogen-bond donors (Lipinski definition) is 1. The number of anilines is 1. The molecule has 74 valence electrons. The van der Waals surface area contributed by atoms with Crippen LogP contribution in [0.2, 0.25) is 0 Å². The lowest BCUT2D eigenvalue weighted by atomic mass is 9.83. The second kappa shape index (κ2) is 2.75. The average molecular weight is 187 g/mol. The van der Waals surface area contributed by atoms with Crippen molar-refractivity contribution in [2.75, 3.05) is 5.73 Å². The summed E-state index contributed by atoms with van der Waals surface area (Å²) >= 11 is 0. The van der Waals surface area contributed by atoms with Crippen LogP contribution in [0.5, 0.6) is 0 Å². The first-order valence-electron chi connectivity index (χ1n) is 5.67. The smallest absolute Gasteiger partial charge is 0.0316 e. The van der Waals surface area contributed by atoms with E-state index in [2.05, 4.69) is 18.2 Å². The molecule has 2 fully saturated rings. The van der Waals surface area contributed by atoms with Crippen LogP contribution >= 0.6 is 0 Å². The van der Waals surface area contributed by atoms with E-state index in [0.29, 0.717) is 5.41 Å². The van der Waals surface area contributed by atoms with Crippen molar-refractivity contribution in [3.8, 4) is 0 Å². The Morgan fingerprint density at radius 1 is 1.29 bits per heavy atom. The highest BCUT2D eigenvalue weighted by molar-refractivity contribution is 5.46. The van der Waals surface area contributed by atoms with Crippen molar-refractivity contribution in [1.29, 1.82) is 0 Å². The molecule has 0 saturated heterocycles. The van der Waals surface area contributed by atoms with Gasteiger partial charge in [-0.1, -0.05) is 25.0 Å². The molecule has 0 spiro atoms. The van der Waals surface area contributed by atoms with Gasteiger partial charge in [-0.2, -0.15) is 0 Å². The summed E-state index contributed by atoms with van der Waals surface area (Å²) < 4.78 is 0. The summed E-state index contributed by atoms with van der Waals surface area (Å²) in [5.74, 6) is 0.970. The molecule has 2 saturated carbocycles. The van der Waals surface area contributed by atoms with Crippen molar-refractivity contribution in [3.05, 3.63) is 29.8 Å². The minimum Gasteiger partial charge on any atom is -0.399 e. The summed E-state index contributed by atoms with van der Waals surface area (Å²) in [6.45, 7) is 0. The first kappa shape index (κ1) is 8.34. The summed E-state index contributed by atoms with van der Waals surface area (Å²) in [6.07, 6.45) is 7.09. The topological polar surface area (TPSA) is 26.0 Å². The van der Waals surface area contributed by atoms with E-state index in [1.54, 1.807) is 0 Å². The number of benzene rings is 1. The predicted octanol–water partition coefficient (Wildman–Crippen LogP) is 3.10. The van der Waals surface area contributed by atoms with Crippen LogP contribution in [-0.4, -0.2) is 0 Å². The molecule has 1 heteroatoms. The molecule has 0 aliphatic heterocycles. The Hall–Kier alpha value is -0.980. The Balaban J connectivity index is 1.95. The summed E-state index contributed by atoms with van der Waals surface area (Å²) in [7, 11) is 0. The van der Waals surface area contributed by atoms with E-state index in [-0.39, 0.29) is 0 Å². The molecule has 0 aromatic heterocycles. The number of nitrogen functional groups attached to an aromatic ring is 1. The normalized spacial score (nSPS) is 35.0. The molecule has 1 aromatic carbocycles. The Bertz CT molecular complexity index is 358. The van der Waals surface area contributed by atoms with Gasteiger partial charge in [-0.15, -0.1) is 0 Å². The number of rotatable bonds is 1. The molecule has 0 heterocycles. The third-order valence-electron chi connectivity index (χ3n) is 4.12. The summed E-state index contributed by atoms with van der Waals surface area (Å²) in [5.41, 5.74) is 8.82. The molecule has 14 heavy (non-hydrogen) atoms. The third kappa shape index (κ3) is 1.08. The van der Waals surface area contributed by atoms with Crippen LogP contribution in [0.25, 0.3) is 0 Å². The van der Waals surface area contributed by atoms with Crippen molar-refractivity contribution in [1.82, 2.24) is 0 Å². The molecule has 0 amide bonds. The summed E-state index contributed by atoms with van der Waals surface area (Å²) in [5, 5.41) is 0. The maximum Gasteiger partial charge on any atom is 0.0316 e. The fraction of sp³-hybridized carbons (Fsp3) is 0.538. The van der Waals surface area contributed by atoms with Crippen molar-refractivity contribution < 1.29 is 0 Å². The second-order valence-corrected chi connectivity index (χ2v) is 4.93. The largest absolute Gasteiger partial charge is 0.399 e. The highest BCUT2D eigenvalue weighted by atomic mass is 14.6. The van der Waals surface area contributed by atoms with Crippen LogP contribution in [0.1, 0.15) is 37.7 Å². The van der Waals surface area contributed by atoms with Gasteiger partial charge in [-0.3, -0.25) is 0 Å². The van der Waals surface area contributed by atoms with E-state index < -0.39 is 0 Å². The molecule has 1 aromatic rings. The van der Waals surface area contributed by atoms with Crippen LogP contribution in [-0.2, 0) is 5.41 Å². The molecule has 1 unspecified atom stereocenters. The molecule has 0 bridgehead atoms. The standard InChI is InChI=1S/C13H17N/c14-12-6-3-5-10(8-12)13-7-2-1-4-11(13)9-13/h3,5-6,8,11H,1-2,4,7,9,14H2/t11?,13-/m1/s1. The quantitative estimate of drug-likeness (QED) is 0.672. The Kier molecular flexibility index (Phi) is 1.64. The van der Waals surface area contributed by atoms with Gasteiger partial charge in [-0.25, -0.2) is 0 Å². The van der Waals surface area contributed by atoms with Crippen LogP contribution < -0.4 is 5.73 Å². The van der Waals surface area contributed by atoms with Gasteiger partial charge in [-0.05, 0) is 48.3 Å². The van der Waals surface area contributed by atoms with Gasteiger partial charge in [0, 0.05) is 5.69 Å². The third-order valence-corrected chi connectivity index (χ3v) is 4.12. The van der Waals surface area contributed by atoms with E-state index in [1.807, 2.05) is 6.07 Å². The van der Waals surface area contributed by atoms with Gasteiger partial charge in [0.2, 0.25) is 0 Å². The first-order valence-corrected chi connectivity index (χ1v) is 5.67. The average Bonchev–Trinajstić information content (AvgIpc) is 2.93. The molecule has 2 N–H and O–H groups in total. The highest BCUT2D eigenvalue weighted by Gasteiger charge is 2.55. The fourth-order valence-electron chi connectivity index (χ4n) is 3.24. The van der Waals surface area contributed by atoms with Crippen molar-refractivity contribution >= 4 is 5.69 Å². The van der Waals surface area contributed by atoms with Gasteiger partial charge >= 0.3 is 0 Å². The lowest BCUT2D eigenvalue weighted by Gasteiger charge is -2.22. The number of hydrogen-bond acceptors (Lipinski definition) is 1. The van der Waals surface area contributed by atoms with E-state index in [9.17, 15) is 0 Å². The van der Waals surface area contributed by atoms with Crippen LogP contribution in [0, 0.1) is 5.92 Å². The zero-order valence-electron chi connectivity index (χ0n) is 8.50. The fourth-order valence-corrected chi connectivity index (χ4v) is 3.24. The van der Waals surface area contributed by atoms with Crippen molar-refractivity contribution in [2.45, 2.75) is 37.5 Å². The molecule has 2 atom stereocenters.